The number of nitrogens with zero attached hydrogens (tertiary/aromatic N) is 4. The van der Waals surface area contributed by atoms with Crippen molar-refractivity contribution in [1.82, 2.24) is 19.5 Å². The Labute approximate surface area is 156 Å². The van der Waals surface area contributed by atoms with Crippen LogP contribution in [0.1, 0.15) is 26.5 Å². The van der Waals surface area contributed by atoms with E-state index in [0.717, 1.165) is 13.0 Å². The number of imidazole rings is 1. The molecule has 3 aliphatic heterocycles. The zero-order valence-corrected chi connectivity index (χ0v) is 15.2. The second-order valence-electron chi connectivity index (χ2n) is 7.43. The molecule has 0 spiro atoms. The molecule has 3 fully saturated rings. The summed E-state index contributed by atoms with van der Waals surface area (Å²) >= 11 is 0. The van der Waals surface area contributed by atoms with Gasteiger partial charge in [-0.2, -0.15) is 0 Å². The molecule has 0 bridgehead atoms. The maximum absolute atomic E-state index is 6.06. The molecule has 0 aromatic carbocycles. The number of hydrogen-bond acceptors (Lipinski definition) is 8. The number of anilines is 1. The summed E-state index contributed by atoms with van der Waals surface area (Å²) in [5, 5.41) is 3.39. The predicted molar refractivity (Wildman–Crippen MR) is 94.7 cm³/mol. The first-order valence-electron chi connectivity index (χ1n) is 9.05. The van der Waals surface area contributed by atoms with Gasteiger partial charge in [0.1, 0.15) is 24.6 Å². The fourth-order valence-corrected chi connectivity index (χ4v) is 3.92. The summed E-state index contributed by atoms with van der Waals surface area (Å²) in [5.74, 6) is 2.62. The second kappa shape index (κ2) is 6.14. The van der Waals surface area contributed by atoms with Crippen LogP contribution in [0.5, 0.6) is 0 Å². The quantitative estimate of drug-likeness (QED) is 0.802. The third-order valence-corrected chi connectivity index (χ3v) is 5.10. The molecule has 0 aliphatic carbocycles. The van der Waals surface area contributed by atoms with Crippen LogP contribution >= 0.6 is 0 Å². The van der Waals surface area contributed by atoms with Crippen LogP contribution in [0.3, 0.4) is 0 Å². The highest BCUT2D eigenvalue weighted by atomic mass is 16.8. The minimum Gasteiger partial charge on any atom is -0.379 e. The lowest BCUT2D eigenvalue weighted by Crippen LogP contribution is -2.28. The summed E-state index contributed by atoms with van der Waals surface area (Å²) < 4.78 is 25.3. The monoisotopic (exact) mass is 371 g/mol. The van der Waals surface area contributed by atoms with Gasteiger partial charge >= 0.3 is 0 Å². The topological polar surface area (TPSA) is 92.6 Å². The average Bonchev–Trinajstić information content (AvgIpc) is 3.38. The lowest BCUT2D eigenvalue weighted by atomic mass is 10.1. The Kier molecular flexibility index (Phi) is 3.84. The molecule has 0 amide bonds. The summed E-state index contributed by atoms with van der Waals surface area (Å²) in [6.45, 7) is 5.15. The van der Waals surface area contributed by atoms with Gasteiger partial charge in [0.25, 0.3) is 0 Å². The first-order chi connectivity index (χ1) is 13.1. The van der Waals surface area contributed by atoms with E-state index in [1.807, 2.05) is 18.4 Å². The third-order valence-electron chi connectivity index (χ3n) is 5.10. The van der Waals surface area contributed by atoms with Gasteiger partial charge in [-0.25, -0.2) is 15.0 Å². The van der Waals surface area contributed by atoms with Gasteiger partial charge < -0.3 is 24.3 Å². The number of ether oxygens (including phenoxy) is 4. The summed E-state index contributed by atoms with van der Waals surface area (Å²) in [6.07, 6.45) is 8.14. The van der Waals surface area contributed by atoms with Crippen LogP contribution in [0.2, 0.25) is 0 Å². The van der Waals surface area contributed by atoms with E-state index < -0.39 is 18.1 Å². The summed E-state index contributed by atoms with van der Waals surface area (Å²) in [6, 6.07) is 0.221. The summed E-state index contributed by atoms with van der Waals surface area (Å²) in [4.78, 5) is 13.3. The van der Waals surface area contributed by atoms with Crippen molar-refractivity contribution in [3.63, 3.8) is 0 Å². The highest BCUT2D eigenvalue weighted by molar-refractivity contribution is 5.82. The first kappa shape index (κ1) is 16.9. The zero-order chi connectivity index (χ0) is 18.6. The Morgan fingerprint density at radius 2 is 2.11 bits per heavy atom. The molecular formula is C18H21N5O4. The molecule has 3 aliphatic rings. The molecule has 1 N–H and O–H groups in total. The van der Waals surface area contributed by atoms with Crippen molar-refractivity contribution in [3.05, 3.63) is 12.7 Å². The average molecular weight is 371 g/mol. The smallest absolute Gasteiger partial charge is 0.167 e. The van der Waals surface area contributed by atoms with Crippen molar-refractivity contribution < 1.29 is 18.9 Å². The van der Waals surface area contributed by atoms with Crippen LogP contribution < -0.4 is 5.32 Å². The predicted octanol–water partition coefficient (Wildman–Crippen LogP) is 1.08. The van der Waals surface area contributed by atoms with E-state index in [2.05, 4.69) is 26.2 Å². The lowest BCUT2D eigenvalue weighted by Gasteiger charge is -2.23. The number of nitrogens with one attached hydrogen (secondary N) is 1. The third kappa shape index (κ3) is 2.76. The second-order valence-corrected chi connectivity index (χ2v) is 7.43. The number of fused-ring (bicyclic) bond motifs is 2. The van der Waals surface area contributed by atoms with E-state index in [0.29, 0.717) is 23.6 Å². The van der Waals surface area contributed by atoms with Gasteiger partial charge in [0.15, 0.2) is 29.0 Å². The van der Waals surface area contributed by atoms with Gasteiger partial charge in [-0.1, -0.05) is 5.92 Å². The molecule has 2 aromatic heterocycles. The molecule has 5 atom stereocenters. The summed E-state index contributed by atoms with van der Waals surface area (Å²) in [5.41, 5.74) is 1.33. The Hall–Kier alpha value is -2.25. The van der Waals surface area contributed by atoms with E-state index in [1.54, 1.807) is 6.33 Å². The molecule has 5 heterocycles. The van der Waals surface area contributed by atoms with Gasteiger partial charge in [-0.3, -0.25) is 4.57 Å². The Bertz CT molecular complexity index is 901. The molecule has 1 unspecified atom stereocenters. The standard InChI is InChI=1S/C18H21N5O4/c1-4-11-13-14(27-18(2,3)26-13)17(25-11)23-9-21-12-15(19-8-20-16(12)23)22-10-5-6-24-7-10/h1,8-11,13-14,17H,5-7H2,2-3H3,(H,19,20,22)/t10?,11-,13-,14-,17-/m1/s1. The van der Waals surface area contributed by atoms with E-state index in [9.17, 15) is 0 Å². The maximum atomic E-state index is 6.06. The van der Waals surface area contributed by atoms with Crippen LogP contribution in [0.25, 0.3) is 11.2 Å². The van der Waals surface area contributed by atoms with Gasteiger partial charge in [0, 0.05) is 6.61 Å². The van der Waals surface area contributed by atoms with Crippen LogP contribution in [0.4, 0.5) is 5.82 Å². The number of rotatable bonds is 3. The van der Waals surface area contributed by atoms with Crippen LogP contribution in [0.15, 0.2) is 12.7 Å². The molecule has 3 saturated heterocycles. The molecular weight excluding hydrogens is 350 g/mol. The van der Waals surface area contributed by atoms with Crippen LogP contribution in [-0.4, -0.2) is 62.9 Å². The Balaban J connectivity index is 1.49. The molecule has 9 nitrogen and oxygen atoms in total. The molecule has 2 aromatic rings. The van der Waals surface area contributed by atoms with Gasteiger partial charge in [0.2, 0.25) is 0 Å². The van der Waals surface area contributed by atoms with Crippen molar-refractivity contribution in [2.75, 3.05) is 18.5 Å². The van der Waals surface area contributed by atoms with E-state index in [-0.39, 0.29) is 18.2 Å². The Morgan fingerprint density at radius 1 is 1.26 bits per heavy atom. The van der Waals surface area contributed by atoms with E-state index in [1.165, 1.54) is 6.33 Å². The molecule has 142 valence electrons. The van der Waals surface area contributed by atoms with Crippen LogP contribution in [0, 0.1) is 12.3 Å². The fourth-order valence-electron chi connectivity index (χ4n) is 3.92. The number of terminal acetylenes is 1. The highest BCUT2D eigenvalue weighted by Gasteiger charge is 2.55. The minimum atomic E-state index is -0.715. The number of aromatic nitrogens is 4. The van der Waals surface area contributed by atoms with Gasteiger partial charge in [0.05, 0.1) is 19.0 Å². The molecule has 0 saturated carbocycles. The van der Waals surface area contributed by atoms with Crippen molar-refractivity contribution in [2.45, 2.75) is 56.6 Å². The molecule has 27 heavy (non-hydrogen) atoms. The zero-order valence-electron chi connectivity index (χ0n) is 15.2. The largest absolute Gasteiger partial charge is 0.379 e. The number of hydrogen-bond donors (Lipinski definition) is 1. The highest BCUT2D eigenvalue weighted by Crippen LogP contribution is 2.43. The molecule has 9 heteroatoms. The maximum Gasteiger partial charge on any atom is 0.167 e. The van der Waals surface area contributed by atoms with E-state index in [4.69, 9.17) is 25.4 Å². The minimum absolute atomic E-state index is 0.221. The lowest BCUT2D eigenvalue weighted by molar-refractivity contribution is -0.190. The van der Waals surface area contributed by atoms with Crippen molar-refractivity contribution in [2.24, 2.45) is 0 Å². The van der Waals surface area contributed by atoms with Crippen LogP contribution in [-0.2, 0) is 18.9 Å². The van der Waals surface area contributed by atoms with Crippen molar-refractivity contribution in [1.29, 1.82) is 0 Å². The first-order valence-corrected chi connectivity index (χ1v) is 9.05. The molecule has 5 rings (SSSR count). The normalized spacial score (nSPS) is 34.6. The van der Waals surface area contributed by atoms with Crippen molar-refractivity contribution >= 4 is 17.0 Å². The van der Waals surface area contributed by atoms with Gasteiger partial charge in [-0.15, -0.1) is 6.42 Å². The van der Waals surface area contributed by atoms with Crippen molar-refractivity contribution in [3.8, 4) is 12.3 Å². The molecule has 0 radical (unpaired) electrons. The summed E-state index contributed by atoms with van der Waals surface area (Å²) in [7, 11) is 0. The van der Waals surface area contributed by atoms with E-state index >= 15 is 0 Å². The fraction of sp³-hybridized carbons (Fsp3) is 0.611. The van der Waals surface area contributed by atoms with Gasteiger partial charge in [-0.05, 0) is 20.3 Å². The SMILES string of the molecule is C#C[C@H]1O[C@@H](n2cnc3c(NC4CCOC4)ncnc32)[C@@H]2OC(C)(C)O[C@@H]21. The Morgan fingerprint density at radius 3 is 2.89 bits per heavy atom.